The maximum atomic E-state index is 14.1. The predicted octanol–water partition coefficient (Wildman–Crippen LogP) is 4.34. The Kier molecular flexibility index (Phi) is 5.94. The van der Waals surface area contributed by atoms with Gasteiger partial charge in [0, 0.05) is 36.7 Å². The average molecular weight is 427 g/mol. The van der Waals surface area contributed by atoms with Gasteiger partial charge in [-0.2, -0.15) is 5.10 Å². The van der Waals surface area contributed by atoms with Gasteiger partial charge >= 0.3 is 0 Å². The van der Waals surface area contributed by atoms with E-state index in [0.29, 0.717) is 22.7 Å². The summed E-state index contributed by atoms with van der Waals surface area (Å²) in [5, 5.41) is 7.13. The van der Waals surface area contributed by atoms with Crippen molar-refractivity contribution < 1.29 is 13.9 Å². The second-order valence-corrected chi connectivity index (χ2v) is 7.71. The van der Waals surface area contributed by atoms with Gasteiger partial charge in [-0.25, -0.2) is 4.39 Å². The lowest BCUT2D eigenvalue weighted by Crippen LogP contribution is -2.33. The molecule has 6 nitrogen and oxygen atoms in total. The van der Waals surface area contributed by atoms with Crippen molar-refractivity contribution in [1.29, 1.82) is 0 Å². The number of methoxy groups -OCH3 is 1. The van der Waals surface area contributed by atoms with Gasteiger partial charge in [-0.15, -0.1) is 0 Å². The molecule has 1 amide bonds. The van der Waals surface area contributed by atoms with Crippen molar-refractivity contribution in [2.75, 3.05) is 7.11 Å². The first-order valence-corrected chi connectivity index (χ1v) is 10.3. The third kappa shape index (κ3) is 4.43. The Morgan fingerprint density at radius 1 is 1.27 bits per heavy atom. The number of hydrogen-bond acceptors (Lipinski definition) is 4. The molecule has 2 aromatic carbocycles. The van der Waals surface area contributed by atoms with Crippen LogP contribution in [-0.2, 0) is 17.9 Å². The number of aromatic nitrogens is 3. The quantitative estimate of drug-likeness (QED) is 0.545. The summed E-state index contributed by atoms with van der Waals surface area (Å²) >= 11 is 5.37. The Morgan fingerprint density at radius 2 is 2.00 bits per heavy atom. The van der Waals surface area contributed by atoms with Crippen LogP contribution in [0.4, 0.5) is 4.39 Å². The Morgan fingerprint density at radius 3 is 2.67 bits per heavy atom. The molecule has 0 bridgehead atoms. The number of rotatable bonds is 8. The fraction of sp³-hybridized carbons (Fsp3) is 0.318. The van der Waals surface area contributed by atoms with E-state index in [4.69, 9.17) is 17.0 Å². The minimum atomic E-state index is -0.283. The first-order chi connectivity index (χ1) is 14.6. The molecule has 0 atom stereocenters. The number of H-pyrrole nitrogens is 1. The molecule has 1 heterocycles. The number of nitrogens with one attached hydrogen (secondary N) is 1. The number of amides is 1. The summed E-state index contributed by atoms with van der Waals surface area (Å²) in [5.74, 6) is 1.13. The highest BCUT2D eigenvalue weighted by atomic mass is 32.1. The monoisotopic (exact) mass is 426 g/mol. The molecular weight excluding hydrogens is 403 g/mol. The smallest absolute Gasteiger partial charge is 0.224 e. The zero-order chi connectivity index (χ0) is 21.1. The SMILES string of the molecule is COc1ccc(-c2n[nH]c(=S)n2CCC(=O)N(Cc2ccccc2F)C2CC2)cc1. The number of ether oxygens (including phenoxy) is 1. The molecule has 0 unspecified atom stereocenters. The molecule has 8 heteroatoms. The molecule has 0 spiro atoms. The van der Waals surface area contributed by atoms with E-state index in [-0.39, 0.29) is 30.7 Å². The topological polar surface area (TPSA) is 63.1 Å². The number of benzene rings is 2. The Hall–Kier alpha value is -3.00. The van der Waals surface area contributed by atoms with E-state index in [1.54, 1.807) is 30.2 Å². The molecule has 0 radical (unpaired) electrons. The highest BCUT2D eigenvalue weighted by molar-refractivity contribution is 7.71. The largest absolute Gasteiger partial charge is 0.497 e. The molecule has 0 aliphatic heterocycles. The van der Waals surface area contributed by atoms with Crippen LogP contribution in [0.5, 0.6) is 5.75 Å². The average Bonchev–Trinajstić information content (AvgIpc) is 3.54. The van der Waals surface area contributed by atoms with Crippen LogP contribution in [0.2, 0.25) is 0 Å². The minimum absolute atomic E-state index is 0.00969. The number of aromatic amines is 1. The number of halogens is 1. The van der Waals surface area contributed by atoms with Gasteiger partial charge in [0.1, 0.15) is 11.6 Å². The molecule has 156 valence electrons. The number of nitrogens with zero attached hydrogens (tertiary/aromatic N) is 3. The van der Waals surface area contributed by atoms with Crippen LogP contribution < -0.4 is 4.74 Å². The molecule has 1 aliphatic rings. The van der Waals surface area contributed by atoms with Gasteiger partial charge in [0.2, 0.25) is 5.91 Å². The highest BCUT2D eigenvalue weighted by Crippen LogP contribution is 2.30. The van der Waals surface area contributed by atoms with Crippen LogP contribution in [0.3, 0.4) is 0 Å². The lowest BCUT2D eigenvalue weighted by molar-refractivity contribution is -0.132. The van der Waals surface area contributed by atoms with Crippen molar-refractivity contribution in [3.05, 3.63) is 64.7 Å². The second kappa shape index (κ2) is 8.79. The van der Waals surface area contributed by atoms with E-state index >= 15 is 0 Å². The van der Waals surface area contributed by atoms with Crippen molar-refractivity contribution in [2.45, 2.75) is 38.4 Å². The Balaban J connectivity index is 1.48. The summed E-state index contributed by atoms with van der Waals surface area (Å²) in [7, 11) is 1.61. The zero-order valence-electron chi connectivity index (χ0n) is 16.7. The molecule has 1 saturated carbocycles. The molecule has 1 aromatic heterocycles. The lowest BCUT2D eigenvalue weighted by Gasteiger charge is -2.23. The molecule has 1 fully saturated rings. The van der Waals surface area contributed by atoms with Crippen molar-refractivity contribution in [2.24, 2.45) is 0 Å². The van der Waals surface area contributed by atoms with Crippen molar-refractivity contribution in [3.63, 3.8) is 0 Å². The molecule has 3 aromatic rings. The standard InChI is InChI=1S/C22H23FN4O2S/c1-29-18-10-6-15(7-11-18)21-24-25-22(30)26(21)13-12-20(28)27(17-8-9-17)14-16-4-2-3-5-19(16)23/h2-7,10-11,17H,8-9,12-14H2,1H3,(H,25,30). The van der Waals surface area contributed by atoms with Gasteiger partial charge in [0.15, 0.2) is 10.6 Å². The highest BCUT2D eigenvalue weighted by Gasteiger charge is 2.32. The van der Waals surface area contributed by atoms with Gasteiger partial charge in [0.25, 0.3) is 0 Å². The first kappa shape index (κ1) is 20.3. The fourth-order valence-corrected chi connectivity index (χ4v) is 3.68. The van der Waals surface area contributed by atoms with Crippen molar-refractivity contribution >= 4 is 18.1 Å². The summed E-state index contributed by atoms with van der Waals surface area (Å²) in [4.78, 5) is 14.8. The normalized spacial score (nSPS) is 13.3. The van der Waals surface area contributed by atoms with Crippen LogP contribution in [0.1, 0.15) is 24.8 Å². The van der Waals surface area contributed by atoms with Gasteiger partial charge < -0.3 is 9.64 Å². The van der Waals surface area contributed by atoms with Crippen LogP contribution >= 0.6 is 12.2 Å². The van der Waals surface area contributed by atoms with E-state index < -0.39 is 0 Å². The summed E-state index contributed by atoms with van der Waals surface area (Å²) in [5.41, 5.74) is 1.41. The van der Waals surface area contributed by atoms with E-state index in [2.05, 4.69) is 10.2 Å². The third-order valence-electron chi connectivity index (χ3n) is 5.26. The van der Waals surface area contributed by atoms with Gasteiger partial charge in [0.05, 0.1) is 7.11 Å². The fourth-order valence-electron chi connectivity index (χ4n) is 3.45. The Bertz CT molecular complexity index is 1090. The number of carbonyl (C=O) groups is 1. The van der Waals surface area contributed by atoms with Crippen LogP contribution in [0.15, 0.2) is 48.5 Å². The predicted molar refractivity (Wildman–Crippen MR) is 114 cm³/mol. The van der Waals surface area contributed by atoms with Crippen LogP contribution in [0, 0.1) is 10.6 Å². The molecule has 1 aliphatic carbocycles. The van der Waals surface area contributed by atoms with Gasteiger partial charge in [-0.3, -0.25) is 14.5 Å². The number of hydrogen-bond donors (Lipinski definition) is 1. The molecule has 0 saturated heterocycles. The Labute approximate surface area is 179 Å². The minimum Gasteiger partial charge on any atom is -0.497 e. The summed E-state index contributed by atoms with van der Waals surface area (Å²) in [6, 6.07) is 14.3. The van der Waals surface area contributed by atoms with Crippen molar-refractivity contribution in [3.8, 4) is 17.1 Å². The van der Waals surface area contributed by atoms with Gasteiger partial charge in [-0.05, 0) is 55.4 Å². The summed E-state index contributed by atoms with van der Waals surface area (Å²) < 4.78 is 21.6. The van der Waals surface area contributed by atoms with E-state index in [0.717, 1.165) is 24.2 Å². The molecule has 30 heavy (non-hydrogen) atoms. The molecular formula is C22H23FN4O2S. The second-order valence-electron chi connectivity index (χ2n) is 7.33. The molecule has 1 N–H and O–H groups in total. The summed E-state index contributed by atoms with van der Waals surface area (Å²) in [6.45, 7) is 0.689. The lowest BCUT2D eigenvalue weighted by atomic mass is 10.2. The third-order valence-corrected chi connectivity index (χ3v) is 5.57. The van der Waals surface area contributed by atoms with Crippen LogP contribution in [-0.4, -0.2) is 38.7 Å². The van der Waals surface area contributed by atoms with Crippen LogP contribution in [0.25, 0.3) is 11.4 Å². The number of carbonyl (C=O) groups excluding carboxylic acids is 1. The maximum Gasteiger partial charge on any atom is 0.224 e. The van der Waals surface area contributed by atoms with E-state index in [9.17, 15) is 9.18 Å². The molecule has 4 rings (SSSR count). The van der Waals surface area contributed by atoms with E-state index in [1.807, 2.05) is 28.8 Å². The maximum absolute atomic E-state index is 14.1. The van der Waals surface area contributed by atoms with Gasteiger partial charge in [-0.1, -0.05) is 18.2 Å². The first-order valence-electron chi connectivity index (χ1n) is 9.89. The zero-order valence-corrected chi connectivity index (χ0v) is 17.5. The van der Waals surface area contributed by atoms with E-state index in [1.165, 1.54) is 6.07 Å². The van der Waals surface area contributed by atoms with Crippen molar-refractivity contribution in [1.82, 2.24) is 19.7 Å². The summed E-state index contributed by atoms with van der Waals surface area (Å²) in [6.07, 6.45) is 2.19.